The fourth-order valence-corrected chi connectivity index (χ4v) is 2.39. The molecule has 4 heteroatoms. The molecule has 0 aliphatic carbocycles. The molecular formula is C20H23NO3. The van der Waals surface area contributed by atoms with Crippen LogP contribution in [0.5, 0.6) is 0 Å². The maximum atomic E-state index is 12.6. The molecule has 2 aromatic carbocycles. The van der Waals surface area contributed by atoms with Gasteiger partial charge in [0.1, 0.15) is 5.92 Å². The van der Waals surface area contributed by atoms with Crippen LogP contribution in [0.15, 0.2) is 60.7 Å². The molecule has 2 rings (SSSR count). The Hall–Kier alpha value is -2.62. The van der Waals surface area contributed by atoms with E-state index in [-0.39, 0.29) is 18.6 Å². The Balaban J connectivity index is 2.10. The lowest BCUT2D eigenvalue weighted by Gasteiger charge is -2.17. The van der Waals surface area contributed by atoms with E-state index in [1.54, 1.807) is 0 Å². The van der Waals surface area contributed by atoms with E-state index in [4.69, 9.17) is 4.74 Å². The lowest BCUT2D eigenvalue weighted by molar-refractivity contribution is -0.149. The van der Waals surface area contributed by atoms with Crippen molar-refractivity contribution in [1.82, 2.24) is 5.32 Å². The molecule has 0 fully saturated rings. The standard InChI is InChI=1S/C20H23NO3/c1-3-15(2)21-18(22)14-24-20(23)19(16-10-6-4-7-11-16)17-12-8-5-9-13-17/h4-13,15,19H,3,14H2,1-2H3,(H,21,22)/t15-/m0/s1. The van der Waals surface area contributed by atoms with Crippen molar-refractivity contribution in [2.24, 2.45) is 0 Å². The lowest BCUT2D eigenvalue weighted by atomic mass is 9.91. The number of esters is 1. The van der Waals surface area contributed by atoms with Crippen molar-refractivity contribution in [3.8, 4) is 0 Å². The molecule has 0 aliphatic rings. The summed E-state index contributed by atoms with van der Waals surface area (Å²) >= 11 is 0. The second-order valence-electron chi connectivity index (χ2n) is 5.74. The van der Waals surface area contributed by atoms with Crippen LogP contribution in [0.25, 0.3) is 0 Å². The Morgan fingerprint density at radius 1 is 0.958 bits per heavy atom. The van der Waals surface area contributed by atoms with E-state index in [9.17, 15) is 9.59 Å². The van der Waals surface area contributed by atoms with Gasteiger partial charge in [0, 0.05) is 6.04 Å². The summed E-state index contributed by atoms with van der Waals surface area (Å²) in [5.74, 6) is -1.24. The van der Waals surface area contributed by atoms with Gasteiger partial charge in [0.15, 0.2) is 6.61 Å². The van der Waals surface area contributed by atoms with Gasteiger partial charge in [-0.2, -0.15) is 0 Å². The van der Waals surface area contributed by atoms with Crippen LogP contribution in [-0.2, 0) is 14.3 Å². The quantitative estimate of drug-likeness (QED) is 0.795. The molecule has 1 atom stereocenters. The molecule has 0 spiro atoms. The molecule has 0 heterocycles. The molecule has 0 saturated carbocycles. The number of carbonyl (C=O) groups excluding carboxylic acids is 2. The van der Waals surface area contributed by atoms with E-state index in [0.29, 0.717) is 0 Å². The summed E-state index contributed by atoms with van der Waals surface area (Å²) in [7, 11) is 0. The lowest BCUT2D eigenvalue weighted by Crippen LogP contribution is -2.36. The van der Waals surface area contributed by atoms with Gasteiger partial charge in [0.2, 0.25) is 0 Å². The molecule has 0 unspecified atom stereocenters. The molecule has 24 heavy (non-hydrogen) atoms. The van der Waals surface area contributed by atoms with Gasteiger partial charge in [-0.1, -0.05) is 67.6 Å². The molecule has 0 aliphatic heterocycles. The largest absolute Gasteiger partial charge is 0.455 e. The number of benzene rings is 2. The number of amides is 1. The Morgan fingerprint density at radius 3 is 1.92 bits per heavy atom. The highest BCUT2D eigenvalue weighted by Gasteiger charge is 2.24. The van der Waals surface area contributed by atoms with Crippen molar-refractivity contribution in [3.63, 3.8) is 0 Å². The van der Waals surface area contributed by atoms with Crippen molar-refractivity contribution < 1.29 is 14.3 Å². The molecule has 126 valence electrons. The van der Waals surface area contributed by atoms with Crippen LogP contribution in [0.1, 0.15) is 37.3 Å². The smallest absolute Gasteiger partial charge is 0.318 e. The minimum Gasteiger partial charge on any atom is -0.455 e. The highest BCUT2D eigenvalue weighted by atomic mass is 16.5. The first-order valence-corrected chi connectivity index (χ1v) is 8.17. The molecule has 0 saturated heterocycles. The summed E-state index contributed by atoms with van der Waals surface area (Å²) in [5.41, 5.74) is 1.69. The Morgan fingerprint density at radius 2 is 1.46 bits per heavy atom. The molecule has 0 bridgehead atoms. The van der Waals surface area contributed by atoms with Gasteiger partial charge in [-0.05, 0) is 24.5 Å². The van der Waals surface area contributed by atoms with Crippen LogP contribution < -0.4 is 5.32 Å². The van der Waals surface area contributed by atoms with Crippen LogP contribution in [0.4, 0.5) is 0 Å². The highest BCUT2D eigenvalue weighted by molar-refractivity contribution is 5.85. The number of carbonyl (C=O) groups is 2. The Labute approximate surface area is 142 Å². The summed E-state index contributed by atoms with van der Waals surface area (Å²) in [6, 6.07) is 18.9. The van der Waals surface area contributed by atoms with E-state index in [1.165, 1.54) is 0 Å². The van der Waals surface area contributed by atoms with Gasteiger partial charge in [-0.15, -0.1) is 0 Å². The van der Waals surface area contributed by atoms with E-state index < -0.39 is 11.9 Å². The van der Waals surface area contributed by atoms with Crippen molar-refractivity contribution in [2.45, 2.75) is 32.2 Å². The number of hydrogen-bond acceptors (Lipinski definition) is 3. The van der Waals surface area contributed by atoms with Crippen molar-refractivity contribution in [3.05, 3.63) is 71.8 Å². The number of ether oxygens (including phenoxy) is 1. The average molecular weight is 325 g/mol. The second-order valence-corrected chi connectivity index (χ2v) is 5.74. The zero-order valence-corrected chi connectivity index (χ0v) is 14.1. The van der Waals surface area contributed by atoms with Gasteiger partial charge in [0.25, 0.3) is 5.91 Å². The zero-order chi connectivity index (χ0) is 17.4. The number of rotatable bonds is 7. The molecule has 0 aromatic heterocycles. The maximum absolute atomic E-state index is 12.6. The van der Waals surface area contributed by atoms with Crippen LogP contribution in [0.2, 0.25) is 0 Å². The topological polar surface area (TPSA) is 55.4 Å². The van der Waals surface area contributed by atoms with E-state index in [2.05, 4.69) is 5.32 Å². The molecule has 1 amide bonds. The Bertz CT molecular complexity index is 616. The van der Waals surface area contributed by atoms with Crippen LogP contribution in [-0.4, -0.2) is 24.5 Å². The van der Waals surface area contributed by atoms with Gasteiger partial charge in [-0.3, -0.25) is 9.59 Å². The fourth-order valence-electron chi connectivity index (χ4n) is 2.39. The third-order valence-electron chi connectivity index (χ3n) is 3.87. The highest BCUT2D eigenvalue weighted by Crippen LogP contribution is 2.25. The molecule has 0 radical (unpaired) electrons. The normalized spacial score (nSPS) is 11.8. The van der Waals surface area contributed by atoms with Crippen LogP contribution >= 0.6 is 0 Å². The first kappa shape index (κ1) is 17.7. The molecular weight excluding hydrogens is 302 g/mol. The van der Waals surface area contributed by atoms with Crippen LogP contribution in [0.3, 0.4) is 0 Å². The van der Waals surface area contributed by atoms with Gasteiger partial charge in [0.05, 0.1) is 0 Å². The van der Waals surface area contributed by atoms with Crippen molar-refractivity contribution in [2.75, 3.05) is 6.61 Å². The maximum Gasteiger partial charge on any atom is 0.318 e. The summed E-state index contributed by atoms with van der Waals surface area (Å²) in [4.78, 5) is 24.4. The third-order valence-corrected chi connectivity index (χ3v) is 3.87. The first-order valence-electron chi connectivity index (χ1n) is 8.17. The summed E-state index contributed by atoms with van der Waals surface area (Å²) in [5, 5.41) is 2.79. The van der Waals surface area contributed by atoms with E-state index >= 15 is 0 Å². The van der Waals surface area contributed by atoms with Gasteiger partial charge >= 0.3 is 5.97 Å². The minimum atomic E-state index is -0.538. The SMILES string of the molecule is CC[C@H](C)NC(=O)COC(=O)C(c1ccccc1)c1ccccc1. The monoisotopic (exact) mass is 325 g/mol. The summed E-state index contributed by atoms with van der Waals surface area (Å²) < 4.78 is 5.27. The number of nitrogens with one attached hydrogen (secondary N) is 1. The summed E-state index contributed by atoms with van der Waals surface area (Å²) in [6.45, 7) is 3.63. The van der Waals surface area contributed by atoms with Crippen LogP contribution in [0, 0.1) is 0 Å². The van der Waals surface area contributed by atoms with E-state index in [0.717, 1.165) is 17.5 Å². The van der Waals surface area contributed by atoms with Crippen molar-refractivity contribution in [1.29, 1.82) is 0 Å². The predicted molar refractivity (Wildman–Crippen MR) is 93.6 cm³/mol. The number of hydrogen-bond donors (Lipinski definition) is 1. The zero-order valence-electron chi connectivity index (χ0n) is 14.1. The molecule has 1 N–H and O–H groups in total. The third kappa shape index (κ3) is 4.95. The first-order chi connectivity index (χ1) is 11.6. The average Bonchev–Trinajstić information content (AvgIpc) is 2.62. The van der Waals surface area contributed by atoms with Crippen molar-refractivity contribution >= 4 is 11.9 Å². The van der Waals surface area contributed by atoms with Gasteiger partial charge in [-0.25, -0.2) is 0 Å². The molecule has 4 nitrogen and oxygen atoms in total. The fraction of sp³-hybridized carbons (Fsp3) is 0.300. The summed E-state index contributed by atoms with van der Waals surface area (Å²) in [6.07, 6.45) is 0.830. The predicted octanol–water partition coefficient (Wildman–Crippen LogP) is 3.28. The Kier molecular flexibility index (Phi) is 6.55. The minimum absolute atomic E-state index is 0.0650. The molecule has 2 aromatic rings. The second kappa shape index (κ2) is 8.87. The van der Waals surface area contributed by atoms with E-state index in [1.807, 2.05) is 74.5 Å². The van der Waals surface area contributed by atoms with Gasteiger partial charge < -0.3 is 10.1 Å².